The number of aryl methyl sites for hydroxylation is 2. The average Bonchev–Trinajstić information content (AvgIpc) is 3.35. The molecule has 1 aromatic carbocycles. The molecule has 0 radical (unpaired) electrons. The van der Waals surface area contributed by atoms with Gasteiger partial charge in [-0.3, -0.25) is 4.79 Å². The third kappa shape index (κ3) is 5.03. The molecule has 1 unspecified atom stereocenters. The van der Waals surface area contributed by atoms with Crippen molar-refractivity contribution in [2.75, 3.05) is 13.1 Å². The van der Waals surface area contributed by atoms with Gasteiger partial charge in [-0.25, -0.2) is 13.4 Å². The Morgan fingerprint density at radius 1 is 1.20 bits per heavy atom. The fourth-order valence-electron chi connectivity index (χ4n) is 4.14. The Morgan fingerprint density at radius 2 is 1.93 bits per heavy atom. The highest BCUT2D eigenvalue weighted by atomic mass is 32.2. The van der Waals surface area contributed by atoms with Crippen molar-refractivity contribution in [2.45, 2.75) is 83.2 Å². The zero-order valence-corrected chi connectivity index (χ0v) is 19.2. The second-order valence-electron chi connectivity index (χ2n) is 8.20. The van der Waals surface area contributed by atoms with Gasteiger partial charge in [0, 0.05) is 38.5 Å². The predicted molar refractivity (Wildman–Crippen MR) is 119 cm³/mol. The summed E-state index contributed by atoms with van der Waals surface area (Å²) in [5, 5.41) is 3.04. The van der Waals surface area contributed by atoms with Gasteiger partial charge >= 0.3 is 0 Å². The maximum absolute atomic E-state index is 12.9. The number of amides is 1. The number of carbonyl (C=O) groups is 1. The Balaban J connectivity index is 1.82. The minimum absolute atomic E-state index is 0.0309. The minimum atomic E-state index is -3.47. The van der Waals surface area contributed by atoms with Crippen molar-refractivity contribution in [3.63, 3.8) is 0 Å². The predicted octanol–water partition coefficient (Wildman–Crippen LogP) is 3.47. The van der Waals surface area contributed by atoms with Crippen LogP contribution < -0.4 is 5.32 Å². The van der Waals surface area contributed by atoms with Gasteiger partial charge in [0.1, 0.15) is 5.82 Å². The first-order valence-electron chi connectivity index (χ1n) is 11.2. The van der Waals surface area contributed by atoms with Crippen LogP contribution in [0.15, 0.2) is 23.1 Å². The molecule has 2 aromatic rings. The number of rotatable bonds is 10. The van der Waals surface area contributed by atoms with E-state index in [1.165, 1.54) is 0 Å². The molecule has 1 saturated heterocycles. The number of aromatic nitrogens is 2. The summed E-state index contributed by atoms with van der Waals surface area (Å²) >= 11 is 0. The van der Waals surface area contributed by atoms with Crippen molar-refractivity contribution >= 4 is 27.0 Å². The van der Waals surface area contributed by atoms with Crippen molar-refractivity contribution < 1.29 is 13.2 Å². The molecule has 30 heavy (non-hydrogen) atoms. The molecule has 2 heterocycles. The van der Waals surface area contributed by atoms with Crippen LogP contribution in [0, 0.1) is 0 Å². The van der Waals surface area contributed by atoms with Crippen LogP contribution in [0.4, 0.5) is 0 Å². The normalized spacial score (nSPS) is 16.2. The van der Waals surface area contributed by atoms with Gasteiger partial charge in [-0.1, -0.05) is 20.3 Å². The van der Waals surface area contributed by atoms with E-state index >= 15 is 0 Å². The van der Waals surface area contributed by atoms with Crippen LogP contribution in [0.1, 0.15) is 65.1 Å². The van der Waals surface area contributed by atoms with Gasteiger partial charge in [0.25, 0.3) is 0 Å². The zero-order chi connectivity index (χ0) is 21.7. The van der Waals surface area contributed by atoms with Crippen molar-refractivity contribution in [3.8, 4) is 0 Å². The number of hydrogen-bond donors (Lipinski definition) is 1. The second kappa shape index (κ2) is 9.92. The molecular weight excluding hydrogens is 400 g/mol. The highest BCUT2D eigenvalue weighted by Gasteiger charge is 2.27. The Labute approximate surface area is 179 Å². The quantitative estimate of drug-likeness (QED) is 0.621. The molecule has 1 aromatic heterocycles. The average molecular weight is 435 g/mol. The van der Waals surface area contributed by atoms with Crippen molar-refractivity contribution in [1.82, 2.24) is 19.2 Å². The van der Waals surface area contributed by atoms with Crippen LogP contribution in [0.5, 0.6) is 0 Å². The molecule has 1 aliphatic heterocycles. The summed E-state index contributed by atoms with van der Waals surface area (Å²) in [5.41, 5.74) is 1.60. The molecule has 1 atom stereocenters. The smallest absolute Gasteiger partial charge is 0.243 e. The molecule has 8 heteroatoms. The third-order valence-electron chi connectivity index (χ3n) is 5.65. The summed E-state index contributed by atoms with van der Waals surface area (Å²) in [6, 6.07) is 5.40. The molecule has 1 N–H and O–H groups in total. The van der Waals surface area contributed by atoms with E-state index < -0.39 is 10.0 Å². The molecular formula is C22H34N4O3S. The van der Waals surface area contributed by atoms with Crippen LogP contribution in [-0.4, -0.2) is 47.3 Å². The Morgan fingerprint density at radius 3 is 2.60 bits per heavy atom. The molecule has 3 rings (SSSR count). The van der Waals surface area contributed by atoms with Gasteiger partial charge in [-0.15, -0.1) is 0 Å². The van der Waals surface area contributed by atoms with Gasteiger partial charge in [0.15, 0.2) is 0 Å². The summed E-state index contributed by atoms with van der Waals surface area (Å²) < 4.78 is 29.5. The Bertz CT molecular complexity index is 978. The second-order valence-corrected chi connectivity index (χ2v) is 10.1. The lowest BCUT2D eigenvalue weighted by Gasteiger charge is -2.15. The molecule has 0 aliphatic carbocycles. The number of nitrogens with one attached hydrogen (secondary N) is 1. The Kier molecular flexibility index (Phi) is 7.52. The van der Waals surface area contributed by atoms with Crippen molar-refractivity contribution in [1.29, 1.82) is 0 Å². The lowest BCUT2D eigenvalue weighted by molar-refractivity contribution is -0.121. The maximum atomic E-state index is 12.9. The lowest BCUT2D eigenvalue weighted by atomic mass is 10.2. The van der Waals surface area contributed by atoms with Gasteiger partial charge in [-0.05, 0) is 50.8 Å². The molecule has 0 bridgehead atoms. The van der Waals surface area contributed by atoms with E-state index in [0.29, 0.717) is 36.3 Å². The molecule has 1 amide bonds. The first-order chi connectivity index (χ1) is 14.4. The van der Waals surface area contributed by atoms with Crippen molar-refractivity contribution in [2.24, 2.45) is 0 Å². The van der Waals surface area contributed by atoms with E-state index in [1.807, 2.05) is 13.0 Å². The van der Waals surface area contributed by atoms with Crippen LogP contribution in [0.2, 0.25) is 0 Å². The third-order valence-corrected chi connectivity index (χ3v) is 7.55. The highest BCUT2D eigenvalue weighted by Crippen LogP contribution is 2.25. The molecule has 0 saturated carbocycles. The summed E-state index contributed by atoms with van der Waals surface area (Å²) in [5.74, 6) is 0.865. The van der Waals surface area contributed by atoms with Gasteiger partial charge in [0.05, 0.1) is 15.9 Å². The van der Waals surface area contributed by atoms with Crippen LogP contribution in [0.25, 0.3) is 11.0 Å². The maximum Gasteiger partial charge on any atom is 0.243 e. The fraction of sp³-hybridized carbons (Fsp3) is 0.636. The van der Waals surface area contributed by atoms with Crippen LogP contribution >= 0.6 is 0 Å². The number of sulfonamides is 1. The molecule has 0 spiro atoms. The van der Waals surface area contributed by atoms with E-state index in [0.717, 1.165) is 50.0 Å². The van der Waals surface area contributed by atoms with Gasteiger partial charge < -0.3 is 9.88 Å². The molecule has 7 nitrogen and oxygen atoms in total. The van der Waals surface area contributed by atoms with Gasteiger partial charge in [-0.2, -0.15) is 4.31 Å². The minimum Gasteiger partial charge on any atom is -0.354 e. The summed E-state index contributed by atoms with van der Waals surface area (Å²) in [7, 11) is -3.47. The number of carbonyl (C=O) groups excluding carboxylic acids is 1. The first kappa shape index (κ1) is 22.7. The van der Waals surface area contributed by atoms with Gasteiger partial charge in [0.2, 0.25) is 15.9 Å². The molecule has 1 fully saturated rings. The first-order valence-corrected chi connectivity index (χ1v) is 12.6. The van der Waals surface area contributed by atoms with Crippen LogP contribution in [0.3, 0.4) is 0 Å². The molecule has 1 aliphatic rings. The van der Waals surface area contributed by atoms with E-state index in [1.54, 1.807) is 16.4 Å². The monoisotopic (exact) mass is 434 g/mol. The standard InChI is InChI=1S/C22H34N4O3S/c1-4-8-17(3)23-22(27)12-11-21-24-19-16-18(9-10-20(19)26(21)13-5-2)30(28,29)25-14-6-7-15-25/h9-10,16-17H,4-8,11-15H2,1-3H3,(H,23,27). The van der Waals surface area contributed by atoms with E-state index in [4.69, 9.17) is 4.98 Å². The van der Waals surface area contributed by atoms with Crippen molar-refractivity contribution in [3.05, 3.63) is 24.0 Å². The number of imidazole rings is 1. The summed E-state index contributed by atoms with van der Waals surface area (Å²) in [6.45, 7) is 8.19. The lowest BCUT2D eigenvalue weighted by Crippen LogP contribution is -2.32. The topological polar surface area (TPSA) is 84.3 Å². The fourth-order valence-corrected chi connectivity index (χ4v) is 5.68. The number of benzene rings is 1. The number of hydrogen-bond acceptors (Lipinski definition) is 4. The summed E-state index contributed by atoms with van der Waals surface area (Å²) in [4.78, 5) is 17.3. The van der Waals surface area contributed by atoms with Crippen LogP contribution in [-0.2, 0) is 27.8 Å². The van der Waals surface area contributed by atoms with E-state index in [-0.39, 0.29) is 11.9 Å². The zero-order valence-electron chi connectivity index (χ0n) is 18.4. The highest BCUT2D eigenvalue weighted by molar-refractivity contribution is 7.89. The SMILES string of the molecule is CCCC(C)NC(=O)CCc1nc2cc(S(=O)(=O)N3CCCC3)ccc2n1CCC. The summed E-state index contributed by atoms with van der Waals surface area (Å²) in [6.07, 6.45) is 5.68. The largest absolute Gasteiger partial charge is 0.354 e. The molecule has 166 valence electrons. The number of nitrogens with zero attached hydrogens (tertiary/aromatic N) is 3. The Hall–Kier alpha value is -1.93. The van der Waals surface area contributed by atoms with E-state index in [2.05, 4.69) is 23.7 Å². The number of fused-ring (bicyclic) bond motifs is 1. The van der Waals surface area contributed by atoms with E-state index in [9.17, 15) is 13.2 Å².